The molecule has 3 aromatic rings. The number of halogens is 3. The predicted molar refractivity (Wildman–Crippen MR) is 223 cm³/mol. The first-order chi connectivity index (χ1) is 24.1. The molecule has 282 valence electrons. The number of benzene rings is 3. The molecule has 3 aliphatic rings. The third-order valence-electron chi connectivity index (χ3n) is 12.3. The first-order valence-corrected chi connectivity index (χ1v) is 20.8. The molecular formula is C45H66Cl3N3. The van der Waals surface area contributed by atoms with E-state index in [0.717, 1.165) is 34.3 Å². The van der Waals surface area contributed by atoms with Gasteiger partial charge in [-0.2, -0.15) is 0 Å². The molecule has 6 N–H and O–H groups in total. The van der Waals surface area contributed by atoms with Crippen LogP contribution in [0.5, 0.6) is 0 Å². The standard InChI is InChI=1S/3C15H22ClN/c3*1-11(2)10-14(17)15(8-3-9-15)12-4-6-13(16)7-5-12/h3*4-7,11,14H,3,8-10,17H2,1-2H3/t14-;;/m0../s1. The van der Waals surface area contributed by atoms with Crippen LogP contribution in [0.25, 0.3) is 0 Å². The van der Waals surface area contributed by atoms with E-state index in [-0.39, 0.29) is 34.4 Å². The molecule has 3 nitrogen and oxygen atoms in total. The van der Waals surface area contributed by atoms with Crippen molar-refractivity contribution in [2.45, 2.75) is 153 Å². The third kappa shape index (κ3) is 10.3. The zero-order valence-corrected chi connectivity index (χ0v) is 34.5. The van der Waals surface area contributed by atoms with Crippen molar-refractivity contribution in [2.24, 2.45) is 35.0 Å². The lowest BCUT2D eigenvalue weighted by atomic mass is 9.59. The van der Waals surface area contributed by atoms with Crippen molar-refractivity contribution >= 4 is 34.8 Å². The summed E-state index contributed by atoms with van der Waals surface area (Å²) in [5.74, 6) is 1.99. The molecule has 0 heterocycles. The van der Waals surface area contributed by atoms with E-state index in [2.05, 4.69) is 77.9 Å². The molecule has 2 unspecified atom stereocenters. The molecule has 0 amide bonds. The fourth-order valence-electron chi connectivity index (χ4n) is 8.84. The average Bonchev–Trinajstić information content (AvgIpc) is 2.98. The van der Waals surface area contributed by atoms with Gasteiger partial charge in [0.15, 0.2) is 0 Å². The SMILES string of the molecule is CC(C)CC(N)C1(c2ccc(Cl)cc2)CCC1.CC(C)CC(N)C1(c2ccc(Cl)cc2)CCC1.CC(C)C[C@H](N)C1(c2ccc(Cl)cc2)CCC1. The molecule has 6 rings (SSSR count). The maximum atomic E-state index is 6.45. The van der Waals surface area contributed by atoms with Crippen LogP contribution in [0.4, 0.5) is 0 Å². The van der Waals surface area contributed by atoms with Crippen LogP contribution in [-0.2, 0) is 16.2 Å². The largest absolute Gasteiger partial charge is 0.327 e. The minimum atomic E-state index is 0.217. The van der Waals surface area contributed by atoms with Crippen LogP contribution >= 0.6 is 34.8 Å². The molecule has 0 radical (unpaired) electrons. The minimum absolute atomic E-state index is 0.217. The maximum Gasteiger partial charge on any atom is 0.0406 e. The Bertz CT molecular complexity index is 1270. The Balaban J connectivity index is 0.000000172. The van der Waals surface area contributed by atoms with Crippen molar-refractivity contribution in [1.82, 2.24) is 0 Å². The van der Waals surface area contributed by atoms with Gasteiger partial charge >= 0.3 is 0 Å². The minimum Gasteiger partial charge on any atom is -0.327 e. The lowest BCUT2D eigenvalue weighted by Crippen LogP contribution is -2.50. The Morgan fingerprint density at radius 3 is 0.745 bits per heavy atom. The molecule has 0 spiro atoms. The van der Waals surface area contributed by atoms with Crippen LogP contribution in [0, 0.1) is 17.8 Å². The summed E-state index contributed by atoms with van der Waals surface area (Å²) in [7, 11) is 0. The highest BCUT2D eigenvalue weighted by atomic mass is 35.5. The highest BCUT2D eigenvalue weighted by molar-refractivity contribution is 6.31. The van der Waals surface area contributed by atoms with E-state index < -0.39 is 0 Å². The second-order valence-corrected chi connectivity index (χ2v) is 18.6. The number of hydrogen-bond donors (Lipinski definition) is 3. The summed E-state index contributed by atoms with van der Waals surface area (Å²) in [4.78, 5) is 0. The number of rotatable bonds is 12. The van der Waals surface area contributed by atoms with Crippen LogP contribution in [-0.4, -0.2) is 18.1 Å². The van der Waals surface area contributed by atoms with Crippen LogP contribution in [0.1, 0.15) is 135 Å². The maximum absolute atomic E-state index is 6.45. The second kappa shape index (κ2) is 18.6. The summed E-state index contributed by atoms with van der Waals surface area (Å²) in [5.41, 5.74) is 24.1. The van der Waals surface area contributed by atoms with Gasteiger partial charge in [0.1, 0.15) is 0 Å². The molecule has 0 aromatic heterocycles. The second-order valence-electron chi connectivity index (χ2n) is 17.3. The van der Waals surface area contributed by atoms with Gasteiger partial charge < -0.3 is 17.2 Å². The summed E-state index contributed by atoms with van der Waals surface area (Å²) < 4.78 is 0. The summed E-state index contributed by atoms with van der Waals surface area (Å²) >= 11 is 17.9. The van der Waals surface area contributed by atoms with Gasteiger partial charge in [0.25, 0.3) is 0 Å². The Kier molecular flexibility index (Phi) is 15.4. The zero-order chi connectivity index (χ0) is 37.4. The molecule has 0 bridgehead atoms. The average molecular weight is 755 g/mol. The quantitative estimate of drug-likeness (QED) is 0.172. The van der Waals surface area contributed by atoms with Crippen molar-refractivity contribution in [3.8, 4) is 0 Å². The van der Waals surface area contributed by atoms with Gasteiger partial charge in [-0.05, 0) is 129 Å². The van der Waals surface area contributed by atoms with E-state index in [0.29, 0.717) is 17.8 Å². The smallest absolute Gasteiger partial charge is 0.0406 e. The van der Waals surface area contributed by atoms with Crippen LogP contribution in [0.2, 0.25) is 15.1 Å². The first kappa shape index (κ1) is 42.2. The Hall–Kier alpha value is -1.59. The van der Waals surface area contributed by atoms with Crippen molar-refractivity contribution in [3.63, 3.8) is 0 Å². The normalized spacial score (nSPS) is 20.1. The topological polar surface area (TPSA) is 78.1 Å². The van der Waals surface area contributed by atoms with Crippen molar-refractivity contribution in [2.75, 3.05) is 0 Å². The van der Waals surface area contributed by atoms with E-state index in [1.54, 1.807) is 0 Å². The lowest BCUT2D eigenvalue weighted by molar-refractivity contribution is 0.178. The van der Waals surface area contributed by atoms with Gasteiger partial charge in [-0.15, -0.1) is 0 Å². The summed E-state index contributed by atoms with van der Waals surface area (Å²) in [5, 5.41) is 2.42. The number of nitrogens with two attached hydrogens (primary N) is 3. The Labute approximate surface area is 325 Å². The van der Waals surface area contributed by atoms with E-state index in [4.69, 9.17) is 52.0 Å². The fourth-order valence-corrected chi connectivity index (χ4v) is 9.22. The molecule has 3 aromatic carbocycles. The van der Waals surface area contributed by atoms with E-state index in [9.17, 15) is 0 Å². The molecule has 6 heteroatoms. The van der Waals surface area contributed by atoms with Crippen LogP contribution < -0.4 is 17.2 Å². The van der Waals surface area contributed by atoms with Gasteiger partial charge in [0.2, 0.25) is 0 Å². The Morgan fingerprint density at radius 2 is 0.608 bits per heavy atom. The highest BCUT2D eigenvalue weighted by Gasteiger charge is 2.45. The van der Waals surface area contributed by atoms with Crippen LogP contribution in [0.3, 0.4) is 0 Å². The predicted octanol–water partition coefficient (Wildman–Crippen LogP) is 12.4. The van der Waals surface area contributed by atoms with Crippen molar-refractivity contribution < 1.29 is 0 Å². The third-order valence-corrected chi connectivity index (χ3v) is 13.1. The van der Waals surface area contributed by atoms with Gasteiger partial charge in [-0.1, -0.05) is 132 Å². The van der Waals surface area contributed by atoms with E-state index in [1.807, 2.05) is 36.4 Å². The van der Waals surface area contributed by atoms with Crippen molar-refractivity contribution in [3.05, 3.63) is 105 Å². The van der Waals surface area contributed by atoms with Gasteiger partial charge in [-0.3, -0.25) is 0 Å². The molecule has 0 aliphatic heterocycles. The molecule has 3 aliphatic carbocycles. The molecular weight excluding hydrogens is 689 g/mol. The Morgan fingerprint density at radius 1 is 0.412 bits per heavy atom. The monoisotopic (exact) mass is 753 g/mol. The van der Waals surface area contributed by atoms with Gasteiger partial charge in [-0.25, -0.2) is 0 Å². The van der Waals surface area contributed by atoms with E-state index >= 15 is 0 Å². The summed E-state index contributed by atoms with van der Waals surface area (Å²) in [6.07, 6.45) is 14.5. The first-order valence-electron chi connectivity index (χ1n) is 19.7. The summed E-state index contributed by atoms with van der Waals surface area (Å²) in [6, 6.07) is 25.7. The highest BCUT2D eigenvalue weighted by Crippen LogP contribution is 2.49. The van der Waals surface area contributed by atoms with E-state index in [1.165, 1.54) is 74.5 Å². The molecule has 0 saturated heterocycles. The molecule has 3 saturated carbocycles. The van der Waals surface area contributed by atoms with Crippen molar-refractivity contribution in [1.29, 1.82) is 0 Å². The summed E-state index contributed by atoms with van der Waals surface area (Å²) in [6.45, 7) is 13.5. The zero-order valence-electron chi connectivity index (χ0n) is 32.2. The van der Waals surface area contributed by atoms with Gasteiger partial charge in [0.05, 0.1) is 0 Å². The molecule has 3 atom stereocenters. The molecule has 3 fully saturated rings. The lowest BCUT2D eigenvalue weighted by Gasteiger charge is -2.47. The molecule has 51 heavy (non-hydrogen) atoms. The number of hydrogen-bond acceptors (Lipinski definition) is 3. The fraction of sp³-hybridized carbons (Fsp3) is 0.600. The van der Waals surface area contributed by atoms with Gasteiger partial charge in [0, 0.05) is 49.4 Å². The van der Waals surface area contributed by atoms with Crippen LogP contribution in [0.15, 0.2) is 72.8 Å².